The molecule has 2 N–H and O–H groups in total. The molecule has 6 heteroatoms. The molecule has 0 unspecified atom stereocenters. The van der Waals surface area contributed by atoms with Crippen molar-refractivity contribution in [1.29, 1.82) is 0 Å². The molecule has 3 aromatic rings. The summed E-state index contributed by atoms with van der Waals surface area (Å²) in [6.07, 6.45) is 0.943. The number of carbonyl (C=O) groups is 1. The van der Waals surface area contributed by atoms with Gasteiger partial charge >= 0.3 is 0 Å². The Hall–Kier alpha value is -2.86. The van der Waals surface area contributed by atoms with E-state index >= 15 is 0 Å². The van der Waals surface area contributed by atoms with Crippen molar-refractivity contribution in [3.05, 3.63) is 77.4 Å². The highest BCUT2D eigenvalue weighted by molar-refractivity contribution is 7.99. The van der Waals surface area contributed by atoms with Crippen LogP contribution in [-0.4, -0.2) is 21.9 Å². The topological polar surface area (TPSA) is 66.9 Å². The second-order valence-electron chi connectivity index (χ2n) is 6.49. The summed E-state index contributed by atoms with van der Waals surface area (Å²) >= 11 is 1.37. The normalized spacial score (nSPS) is 10.5. The fourth-order valence-corrected chi connectivity index (χ4v) is 3.21. The van der Waals surface area contributed by atoms with Crippen LogP contribution in [-0.2, 0) is 17.8 Å². The monoisotopic (exact) mass is 392 g/mol. The first kappa shape index (κ1) is 19.9. The summed E-state index contributed by atoms with van der Waals surface area (Å²) in [5.41, 5.74) is 4.46. The van der Waals surface area contributed by atoms with E-state index in [0.29, 0.717) is 18.1 Å². The SMILES string of the molecule is CCc1cccc(NC(=O)CSc2ccc(NCc3ccc(C)cc3)nn2)c1. The van der Waals surface area contributed by atoms with Crippen LogP contribution in [0.25, 0.3) is 0 Å². The van der Waals surface area contributed by atoms with Crippen molar-refractivity contribution in [2.24, 2.45) is 0 Å². The molecule has 0 radical (unpaired) electrons. The van der Waals surface area contributed by atoms with Gasteiger partial charge in [-0.3, -0.25) is 4.79 Å². The van der Waals surface area contributed by atoms with Crippen molar-refractivity contribution < 1.29 is 4.79 Å². The van der Waals surface area contributed by atoms with Crippen LogP contribution in [0.1, 0.15) is 23.6 Å². The van der Waals surface area contributed by atoms with Crippen LogP contribution < -0.4 is 10.6 Å². The number of aromatic nitrogens is 2. The molecule has 2 aromatic carbocycles. The van der Waals surface area contributed by atoms with Crippen LogP contribution in [0.5, 0.6) is 0 Å². The molecule has 0 bridgehead atoms. The summed E-state index contributed by atoms with van der Waals surface area (Å²) in [5, 5.41) is 15.3. The number of rotatable bonds is 8. The highest BCUT2D eigenvalue weighted by atomic mass is 32.2. The molecule has 0 saturated carbocycles. The number of aryl methyl sites for hydroxylation is 2. The third-order valence-corrected chi connectivity index (χ3v) is 5.12. The summed E-state index contributed by atoms with van der Waals surface area (Å²) in [5.74, 6) is 0.952. The number of benzene rings is 2. The third-order valence-electron chi connectivity index (χ3n) is 4.20. The molecule has 1 amide bonds. The van der Waals surface area contributed by atoms with Gasteiger partial charge in [-0.2, -0.15) is 0 Å². The highest BCUT2D eigenvalue weighted by Gasteiger charge is 2.06. The lowest BCUT2D eigenvalue weighted by molar-refractivity contribution is -0.113. The molecule has 144 valence electrons. The molecular formula is C22H24N4OS. The van der Waals surface area contributed by atoms with E-state index in [2.05, 4.69) is 65.0 Å². The average Bonchev–Trinajstić information content (AvgIpc) is 2.73. The van der Waals surface area contributed by atoms with E-state index in [9.17, 15) is 4.79 Å². The van der Waals surface area contributed by atoms with Gasteiger partial charge in [0.15, 0.2) is 0 Å². The maximum absolute atomic E-state index is 12.1. The van der Waals surface area contributed by atoms with Crippen LogP contribution in [0, 0.1) is 6.92 Å². The Labute approximate surface area is 170 Å². The first-order valence-electron chi connectivity index (χ1n) is 9.27. The third kappa shape index (κ3) is 6.09. The van der Waals surface area contributed by atoms with Crippen molar-refractivity contribution in [3.8, 4) is 0 Å². The lowest BCUT2D eigenvalue weighted by atomic mass is 10.1. The van der Waals surface area contributed by atoms with E-state index < -0.39 is 0 Å². The number of nitrogens with zero attached hydrogens (tertiary/aromatic N) is 2. The van der Waals surface area contributed by atoms with Crippen LogP contribution in [0.4, 0.5) is 11.5 Å². The molecular weight excluding hydrogens is 368 g/mol. The van der Waals surface area contributed by atoms with Crippen LogP contribution in [0.3, 0.4) is 0 Å². The van der Waals surface area contributed by atoms with Crippen molar-refractivity contribution in [2.75, 3.05) is 16.4 Å². The molecule has 5 nitrogen and oxygen atoms in total. The zero-order valence-corrected chi connectivity index (χ0v) is 16.9. The van der Waals surface area contributed by atoms with Gasteiger partial charge in [0.25, 0.3) is 0 Å². The number of hydrogen-bond acceptors (Lipinski definition) is 5. The Morgan fingerprint density at radius 3 is 2.54 bits per heavy atom. The van der Waals surface area contributed by atoms with E-state index in [4.69, 9.17) is 0 Å². The molecule has 1 aromatic heterocycles. The van der Waals surface area contributed by atoms with E-state index in [1.807, 2.05) is 30.3 Å². The predicted molar refractivity (Wildman–Crippen MR) is 116 cm³/mol. The van der Waals surface area contributed by atoms with Crippen LogP contribution >= 0.6 is 11.8 Å². The molecule has 0 aliphatic heterocycles. The van der Waals surface area contributed by atoms with Gasteiger partial charge in [0, 0.05) is 12.2 Å². The molecule has 0 aliphatic rings. The van der Waals surface area contributed by atoms with Crippen molar-refractivity contribution in [3.63, 3.8) is 0 Å². The number of nitrogens with one attached hydrogen (secondary N) is 2. The number of anilines is 2. The molecule has 1 heterocycles. The second kappa shape index (κ2) is 9.90. The smallest absolute Gasteiger partial charge is 0.234 e. The molecule has 0 spiro atoms. The van der Waals surface area contributed by atoms with E-state index in [1.165, 1.54) is 28.5 Å². The van der Waals surface area contributed by atoms with E-state index in [0.717, 1.165) is 17.1 Å². The van der Waals surface area contributed by atoms with Gasteiger partial charge in [-0.1, -0.05) is 60.6 Å². The van der Waals surface area contributed by atoms with Crippen LogP contribution in [0.15, 0.2) is 65.7 Å². The van der Waals surface area contributed by atoms with Gasteiger partial charge in [0.1, 0.15) is 10.8 Å². The summed E-state index contributed by atoms with van der Waals surface area (Å²) < 4.78 is 0. The molecule has 0 atom stereocenters. The van der Waals surface area contributed by atoms with Crippen molar-refractivity contribution in [1.82, 2.24) is 10.2 Å². The lowest BCUT2D eigenvalue weighted by Crippen LogP contribution is -2.14. The number of amides is 1. The van der Waals surface area contributed by atoms with Gasteiger partial charge in [-0.05, 0) is 48.7 Å². The van der Waals surface area contributed by atoms with Gasteiger partial charge in [-0.15, -0.1) is 10.2 Å². The van der Waals surface area contributed by atoms with E-state index in [-0.39, 0.29) is 5.91 Å². The Bertz CT molecular complexity index is 911. The minimum absolute atomic E-state index is 0.0541. The van der Waals surface area contributed by atoms with Gasteiger partial charge in [-0.25, -0.2) is 0 Å². The molecule has 3 rings (SSSR count). The summed E-state index contributed by atoms with van der Waals surface area (Å²) in [7, 11) is 0. The van der Waals surface area contributed by atoms with Crippen LogP contribution in [0.2, 0.25) is 0 Å². The summed E-state index contributed by atoms with van der Waals surface area (Å²) in [4.78, 5) is 12.1. The zero-order chi connectivity index (χ0) is 19.8. The molecule has 28 heavy (non-hydrogen) atoms. The van der Waals surface area contributed by atoms with Gasteiger partial charge in [0.05, 0.1) is 5.75 Å². The van der Waals surface area contributed by atoms with Crippen molar-refractivity contribution >= 4 is 29.2 Å². The number of thioether (sulfide) groups is 1. The number of hydrogen-bond donors (Lipinski definition) is 2. The largest absolute Gasteiger partial charge is 0.365 e. The average molecular weight is 393 g/mol. The fourth-order valence-electron chi connectivity index (χ4n) is 2.60. The molecule has 0 aliphatic carbocycles. The van der Waals surface area contributed by atoms with Gasteiger partial charge < -0.3 is 10.6 Å². The first-order valence-corrected chi connectivity index (χ1v) is 10.3. The quantitative estimate of drug-likeness (QED) is 0.544. The Kier molecular flexibility index (Phi) is 7.03. The second-order valence-corrected chi connectivity index (χ2v) is 7.48. The van der Waals surface area contributed by atoms with Crippen molar-refractivity contribution in [2.45, 2.75) is 31.8 Å². The van der Waals surface area contributed by atoms with Gasteiger partial charge in [0.2, 0.25) is 5.91 Å². The Morgan fingerprint density at radius 1 is 1.00 bits per heavy atom. The Balaban J connectivity index is 1.45. The molecule has 0 saturated heterocycles. The lowest BCUT2D eigenvalue weighted by Gasteiger charge is -2.07. The summed E-state index contributed by atoms with van der Waals surface area (Å²) in [6.45, 7) is 4.86. The first-order chi connectivity index (χ1) is 13.6. The predicted octanol–water partition coefficient (Wildman–Crippen LogP) is 4.69. The maximum atomic E-state index is 12.1. The zero-order valence-electron chi connectivity index (χ0n) is 16.1. The molecule has 0 fully saturated rings. The van der Waals surface area contributed by atoms with E-state index in [1.54, 1.807) is 0 Å². The minimum Gasteiger partial charge on any atom is -0.365 e. The standard InChI is InChI=1S/C22H24N4OS/c1-3-17-5-4-6-19(13-17)24-21(27)15-28-22-12-11-20(25-26-22)23-14-18-9-7-16(2)8-10-18/h4-13H,3,14-15H2,1-2H3,(H,23,25)(H,24,27). The Morgan fingerprint density at radius 2 is 1.82 bits per heavy atom. The number of carbonyl (C=O) groups excluding carboxylic acids is 1. The highest BCUT2D eigenvalue weighted by Crippen LogP contribution is 2.17. The fraction of sp³-hybridized carbons (Fsp3) is 0.227. The minimum atomic E-state index is -0.0541. The maximum Gasteiger partial charge on any atom is 0.234 e. The summed E-state index contributed by atoms with van der Waals surface area (Å²) in [6, 6.07) is 20.0.